The van der Waals surface area contributed by atoms with Gasteiger partial charge in [0.05, 0.1) is 17.7 Å². The molecule has 4 saturated carbocycles. The molecule has 5 aliphatic rings. The Hall–Kier alpha value is -2.35. The average molecular weight is 498 g/mol. The van der Waals surface area contributed by atoms with Gasteiger partial charge in [-0.1, -0.05) is 6.08 Å². The van der Waals surface area contributed by atoms with Crippen LogP contribution in [0.1, 0.15) is 76.6 Å². The molecular weight excluding hydrogens is 454 g/mol. The molecule has 1 aromatic heterocycles. The molecule has 1 aliphatic heterocycles. The third-order valence-corrected chi connectivity index (χ3v) is 8.68. The summed E-state index contributed by atoms with van der Waals surface area (Å²) in [6.45, 7) is 11.0. The predicted octanol–water partition coefficient (Wildman–Crippen LogP) is 3.54. The van der Waals surface area contributed by atoms with E-state index >= 15 is 0 Å². The highest BCUT2D eigenvalue weighted by Gasteiger charge is 2.48. The molecule has 1 saturated heterocycles. The molecule has 36 heavy (non-hydrogen) atoms. The fourth-order valence-electron chi connectivity index (χ4n) is 7.13. The largest absolute Gasteiger partial charge is 0.474 e. The highest BCUT2D eigenvalue weighted by molar-refractivity contribution is 5.96. The smallest absolute Gasteiger partial charge is 0.258 e. The van der Waals surface area contributed by atoms with Crippen molar-refractivity contribution in [3.8, 4) is 5.88 Å². The normalized spacial score (nSPS) is 30.1. The molecule has 0 spiro atoms. The first-order valence-electron chi connectivity index (χ1n) is 14.0. The van der Waals surface area contributed by atoms with Gasteiger partial charge in [0.1, 0.15) is 5.56 Å². The number of carbonyl (C=O) groups excluding carboxylic acids is 2. The second-order valence-corrected chi connectivity index (χ2v) is 12.3. The molecule has 6 rings (SSSR count). The minimum Gasteiger partial charge on any atom is -0.474 e. The quantitative estimate of drug-likeness (QED) is 0.602. The van der Waals surface area contributed by atoms with Crippen LogP contribution in [0.25, 0.3) is 6.20 Å². The van der Waals surface area contributed by atoms with Gasteiger partial charge in [-0.05, 0) is 96.4 Å². The maximum absolute atomic E-state index is 13.5. The maximum atomic E-state index is 13.5. The first-order chi connectivity index (χ1) is 17.2. The predicted molar refractivity (Wildman–Crippen MR) is 139 cm³/mol. The lowest BCUT2D eigenvalue weighted by molar-refractivity contribution is -0.137. The molecule has 4 aliphatic carbocycles. The molecule has 1 aromatic rings. The van der Waals surface area contributed by atoms with Gasteiger partial charge in [-0.3, -0.25) is 9.59 Å². The zero-order valence-electron chi connectivity index (χ0n) is 22.3. The second-order valence-electron chi connectivity index (χ2n) is 12.3. The Balaban J connectivity index is 1.32. The van der Waals surface area contributed by atoms with Gasteiger partial charge >= 0.3 is 0 Å². The second kappa shape index (κ2) is 10.2. The molecule has 2 amide bonds. The van der Waals surface area contributed by atoms with E-state index in [1.54, 1.807) is 17.1 Å². The van der Waals surface area contributed by atoms with Crippen LogP contribution in [0.3, 0.4) is 0 Å². The molecule has 0 atom stereocenters. The lowest BCUT2D eigenvalue weighted by atomic mass is 9.54. The van der Waals surface area contributed by atoms with E-state index in [0.29, 0.717) is 29.8 Å². The van der Waals surface area contributed by atoms with Gasteiger partial charge in [-0.25, -0.2) is 4.68 Å². The fraction of sp³-hybridized carbons (Fsp3) is 0.750. The van der Waals surface area contributed by atoms with Crippen LogP contribution in [0.4, 0.5) is 0 Å². The summed E-state index contributed by atoms with van der Waals surface area (Å²) in [4.78, 5) is 28.6. The van der Waals surface area contributed by atoms with Crippen LogP contribution in [0.2, 0.25) is 0 Å². The summed E-state index contributed by atoms with van der Waals surface area (Å²) >= 11 is 0. The maximum Gasteiger partial charge on any atom is 0.258 e. The molecular formula is C28H43N5O3. The first-order valence-corrected chi connectivity index (χ1v) is 14.0. The SMILES string of the molecule is CC(C)Oc1c(C(=O)NC2C3CC4CC(C3)CC2C4)cnn1/C=C/C(C)(C)C(=O)N1CCCNCC1. The number of nitrogens with one attached hydrogen (secondary N) is 2. The van der Waals surface area contributed by atoms with Crippen molar-refractivity contribution in [3.05, 3.63) is 17.8 Å². The number of hydrogen-bond donors (Lipinski definition) is 2. The molecule has 8 nitrogen and oxygen atoms in total. The summed E-state index contributed by atoms with van der Waals surface area (Å²) in [5.41, 5.74) is -0.237. The third kappa shape index (κ3) is 5.20. The van der Waals surface area contributed by atoms with Crippen molar-refractivity contribution in [3.63, 3.8) is 0 Å². The standard InChI is InChI=1S/C28H43N5O3/c1-18(2)36-26-23(25(34)31-24-21-13-19-12-20(15-21)16-22(24)14-19)17-30-33(26)10-6-28(3,4)27(35)32-9-5-7-29-8-11-32/h6,10,17-22,24,29H,5,7-9,11-16H2,1-4H3,(H,31,34)/b10-6+. The van der Waals surface area contributed by atoms with Crippen molar-refractivity contribution in [2.75, 3.05) is 26.2 Å². The lowest BCUT2D eigenvalue weighted by Gasteiger charge is -2.54. The van der Waals surface area contributed by atoms with Crippen molar-refractivity contribution in [1.82, 2.24) is 25.3 Å². The highest BCUT2D eigenvalue weighted by atomic mass is 16.5. The molecule has 5 fully saturated rings. The van der Waals surface area contributed by atoms with Crippen LogP contribution < -0.4 is 15.4 Å². The summed E-state index contributed by atoms with van der Waals surface area (Å²) in [5.74, 6) is 3.38. The zero-order chi connectivity index (χ0) is 25.4. The Morgan fingerprint density at radius 1 is 1.11 bits per heavy atom. The summed E-state index contributed by atoms with van der Waals surface area (Å²) in [7, 11) is 0. The van der Waals surface area contributed by atoms with E-state index in [2.05, 4.69) is 15.7 Å². The van der Waals surface area contributed by atoms with E-state index in [4.69, 9.17) is 4.74 Å². The minimum atomic E-state index is -0.700. The molecule has 0 aromatic carbocycles. The highest BCUT2D eigenvalue weighted by Crippen LogP contribution is 2.53. The number of nitrogens with zero attached hydrogens (tertiary/aromatic N) is 3. The Bertz CT molecular complexity index is 961. The van der Waals surface area contributed by atoms with Gasteiger partial charge in [0, 0.05) is 31.9 Å². The van der Waals surface area contributed by atoms with Gasteiger partial charge in [0.25, 0.3) is 5.91 Å². The first kappa shape index (κ1) is 25.3. The zero-order valence-corrected chi connectivity index (χ0v) is 22.3. The number of rotatable bonds is 7. The summed E-state index contributed by atoms with van der Waals surface area (Å²) in [5, 5.41) is 11.2. The number of aromatic nitrogens is 2. The third-order valence-electron chi connectivity index (χ3n) is 8.68. The molecule has 198 valence electrons. The summed E-state index contributed by atoms with van der Waals surface area (Å²) < 4.78 is 7.69. The van der Waals surface area contributed by atoms with E-state index in [0.717, 1.165) is 37.9 Å². The van der Waals surface area contributed by atoms with Gasteiger partial charge in [0.15, 0.2) is 0 Å². The van der Waals surface area contributed by atoms with Gasteiger partial charge < -0.3 is 20.3 Å². The molecule has 8 heteroatoms. The molecule has 2 heterocycles. The molecule has 0 unspecified atom stereocenters. The topological polar surface area (TPSA) is 88.5 Å². The van der Waals surface area contributed by atoms with Crippen molar-refractivity contribution in [2.24, 2.45) is 29.1 Å². The Labute approximate surface area is 215 Å². The van der Waals surface area contributed by atoms with Crippen molar-refractivity contribution in [2.45, 2.75) is 78.4 Å². The van der Waals surface area contributed by atoms with Crippen LogP contribution in [0, 0.1) is 29.1 Å². The molecule has 0 radical (unpaired) electrons. The monoisotopic (exact) mass is 497 g/mol. The van der Waals surface area contributed by atoms with E-state index in [-0.39, 0.29) is 24.0 Å². The van der Waals surface area contributed by atoms with Gasteiger partial charge in [-0.15, -0.1) is 0 Å². The van der Waals surface area contributed by atoms with Gasteiger partial charge in [0.2, 0.25) is 11.8 Å². The van der Waals surface area contributed by atoms with Crippen LogP contribution in [-0.2, 0) is 4.79 Å². The van der Waals surface area contributed by atoms with Crippen LogP contribution in [-0.4, -0.2) is 64.8 Å². The summed E-state index contributed by atoms with van der Waals surface area (Å²) in [6, 6.07) is 0.260. The van der Waals surface area contributed by atoms with Crippen LogP contribution in [0.15, 0.2) is 12.3 Å². The molecule has 2 N–H and O–H groups in total. The van der Waals surface area contributed by atoms with Gasteiger partial charge in [-0.2, -0.15) is 5.10 Å². The van der Waals surface area contributed by atoms with Crippen molar-refractivity contribution >= 4 is 18.0 Å². The Kier molecular flexibility index (Phi) is 7.16. The van der Waals surface area contributed by atoms with E-state index < -0.39 is 5.41 Å². The number of carbonyl (C=O) groups is 2. The Morgan fingerprint density at radius 2 is 1.81 bits per heavy atom. The van der Waals surface area contributed by atoms with E-state index in [1.165, 1.54) is 32.1 Å². The Morgan fingerprint density at radius 3 is 2.47 bits per heavy atom. The van der Waals surface area contributed by atoms with E-state index in [1.807, 2.05) is 38.7 Å². The van der Waals surface area contributed by atoms with E-state index in [9.17, 15) is 9.59 Å². The number of amides is 2. The number of hydrogen-bond acceptors (Lipinski definition) is 5. The van der Waals surface area contributed by atoms with Crippen LogP contribution in [0.5, 0.6) is 5.88 Å². The molecule has 4 bridgehead atoms. The average Bonchev–Trinajstić information content (AvgIpc) is 3.02. The fourth-order valence-corrected chi connectivity index (χ4v) is 7.13. The van der Waals surface area contributed by atoms with Crippen molar-refractivity contribution < 1.29 is 14.3 Å². The number of ether oxygens (including phenoxy) is 1. The lowest BCUT2D eigenvalue weighted by Crippen LogP contribution is -2.55. The van der Waals surface area contributed by atoms with Crippen LogP contribution >= 0.6 is 0 Å². The summed E-state index contributed by atoms with van der Waals surface area (Å²) in [6.07, 6.45) is 12.5. The minimum absolute atomic E-state index is 0.0980. The van der Waals surface area contributed by atoms with Crippen molar-refractivity contribution in [1.29, 1.82) is 0 Å².